The van der Waals surface area contributed by atoms with Crippen LogP contribution in [0.15, 0.2) is 18.2 Å². The van der Waals surface area contributed by atoms with E-state index in [1.807, 2.05) is 0 Å². The summed E-state index contributed by atoms with van der Waals surface area (Å²) in [6, 6.07) is 1.29. The van der Waals surface area contributed by atoms with Crippen LogP contribution in [-0.4, -0.2) is 18.7 Å². The summed E-state index contributed by atoms with van der Waals surface area (Å²) < 4.78 is 56.1. The molecule has 20 heavy (non-hydrogen) atoms. The minimum atomic E-state index is -4.69. The van der Waals surface area contributed by atoms with Gasteiger partial charge in [0.25, 0.3) is 0 Å². The fraction of sp³-hybridized carbons (Fsp3) is 0.417. The van der Waals surface area contributed by atoms with Gasteiger partial charge < -0.3 is 10.5 Å². The Morgan fingerprint density at radius 1 is 1.45 bits per heavy atom. The molecule has 2 atom stereocenters. The zero-order valence-electron chi connectivity index (χ0n) is 10.4. The van der Waals surface area contributed by atoms with Gasteiger partial charge in [-0.25, -0.2) is 9.18 Å². The first kappa shape index (κ1) is 16.7. The molecule has 112 valence electrons. The Bertz CT molecular complexity index is 493. The zero-order valence-corrected chi connectivity index (χ0v) is 11.1. The highest BCUT2D eigenvalue weighted by molar-refractivity contribution is 6.32. The van der Waals surface area contributed by atoms with E-state index >= 15 is 0 Å². The van der Waals surface area contributed by atoms with Crippen LogP contribution in [0.2, 0.25) is 5.02 Å². The van der Waals surface area contributed by atoms with Crippen LogP contribution in [0.1, 0.15) is 24.1 Å². The predicted octanol–water partition coefficient (Wildman–Crippen LogP) is 3.26. The monoisotopic (exact) mass is 313 g/mol. The Morgan fingerprint density at radius 3 is 2.55 bits per heavy atom. The number of esters is 1. The van der Waals surface area contributed by atoms with Gasteiger partial charge in [0.1, 0.15) is 0 Å². The molecule has 2 N–H and O–H groups in total. The van der Waals surface area contributed by atoms with E-state index in [2.05, 4.69) is 4.74 Å². The van der Waals surface area contributed by atoms with Crippen molar-refractivity contribution in [1.82, 2.24) is 0 Å². The maximum Gasteiger partial charge on any atom is 0.417 e. The number of hydrogen-bond donors (Lipinski definition) is 1. The summed E-state index contributed by atoms with van der Waals surface area (Å²) >= 11 is 5.60. The summed E-state index contributed by atoms with van der Waals surface area (Å²) in [7, 11) is 0. The van der Waals surface area contributed by atoms with E-state index in [0.29, 0.717) is 0 Å². The average molecular weight is 314 g/mol. The zero-order chi connectivity index (χ0) is 15.5. The third-order valence-electron chi connectivity index (χ3n) is 2.52. The molecule has 3 nitrogen and oxygen atoms in total. The number of hydrogen-bond acceptors (Lipinski definition) is 3. The molecule has 0 saturated heterocycles. The van der Waals surface area contributed by atoms with Crippen molar-refractivity contribution < 1.29 is 27.1 Å². The van der Waals surface area contributed by atoms with Crippen molar-refractivity contribution in [3.8, 4) is 0 Å². The summed E-state index contributed by atoms with van der Waals surface area (Å²) in [5.41, 5.74) is 4.02. The van der Waals surface area contributed by atoms with Crippen LogP contribution in [0.5, 0.6) is 0 Å². The van der Waals surface area contributed by atoms with Crippen molar-refractivity contribution in [3.05, 3.63) is 34.3 Å². The van der Waals surface area contributed by atoms with Gasteiger partial charge >= 0.3 is 12.1 Å². The van der Waals surface area contributed by atoms with E-state index in [9.17, 15) is 22.4 Å². The van der Waals surface area contributed by atoms with Crippen LogP contribution in [0.4, 0.5) is 17.6 Å². The van der Waals surface area contributed by atoms with E-state index in [4.69, 9.17) is 17.3 Å². The highest BCUT2D eigenvalue weighted by atomic mass is 35.5. The van der Waals surface area contributed by atoms with Crippen LogP contribution in [0.3, 0.4) is 0 Å². The molecule has 0 aliphatic rings. The van der Waals surface area contributed by atoms with E-state index in [1.165, 1.54) is 6.92 Å². The van der Waals surface area contributed by atoms with Crippen molar-refractivity contribution in [2.24, 2.45) is 5.73 Å². The second kappa shape index (κ2) is 6.41. The molecule has 0 aromatic heterocycles. The van der Waals surface area contributed by atoms with Gasteiger partial charge in [0.15, 0.2) is 0 Å². The standard InChI is InChI=1S/C12H12ClF4NO2/c1-2-20-11(19)9(14)10(18)6-4-3-5-7(8(6)13)12(15,16)17/h3-5,9-10H,2,18H2,1H3/t9?,10-/m0/s1. The lowest BCUT2D eigenvalue weighted by atomic mass is 10.0. The second-order valence-electron chi connectivity index (χ2n) is 3.89. The molecule has 1 rings (SSSR count). The van der Waals surface area contributed by atoms with Crippen molar-refractivity contribution >= 4 is 17.6 Å². The highest BCUT2D eigenvalue weighted by Gasteiger charge is 2.36. The molecule has 0 saturated carbocycles. The van der Waals surface area contributed by atoms with Gasteiger partial charge in [-0.05, 0) is 18.6 Å². The topological polar surface area (TPSA) is 52.3 Å². The molecule has 0 radical (unpaired) electrons. The fourth-order valence-electron chi connectivity index (χ4n) is 1.55. The first-order chi connectivity index (χ1) is 9.20. The van der Waals surface area contributed by atoms with E-state index < -0.39 is 34.9 Å². The first-order valence-electron chi connectivity index (χ1n) is 5.62. The number of rotatable bonds is 4. The summed E-state index contributed by atoms with van der Waals surface area (Å²) in [6.07, 6.45) is -6.99. The Morgan fingerprint density at radius 2 is 2.05 bits per heavy atom. The molecular formula is C12H12ClF4NO2. The van der Waals surface area contributed by atoms with Crippen LogP contribution < -0.4 is 5.73 Å². The number of ether oxygens (including phenoxy) is 1. The predicted molar refractivity (Wildman–Crippen MR) is 64.9 cm³/mol. The normalized spacial score (nSPS) is 14.8. The largest absolute Gasteiger partial charge is 0.464 e. The lowest BCUT2D eigenvalue weighted by molar-refractivity contribution is -0.149. The molecule has 0 amide bonds. The Kier molecular flexibility index (Phi) is 5.35. The number of carbonyl (C=O) groups excluding carboxylic acids is 1. The highest BCUT2D eigenvalue weighted by Crippen LogP contribution is 2.38. The van der Waals surface area contributed by atoms with E-state index in [1.54, 1.807) is 0 Å². The smallest absolute Gasteiger partial charge is 0.417 e. The molecule has 0 bridgehead atoms. The van der Waals surface area contributed by atoms with Gasteiger partial charge in [0.2, 0.25) is 6.17 Å². The first-order valence-corrected chi connectivity index (χ1v) is 5.99. The number of benzene rings is 1. The molecule has 8 heteroatoms. The van der Waals surface area contributed by atoms with E-state index in [-0.39, 0.29) is 12.2 Å². The molecule has 1 aromatic carbocycles. The third-order valence-corrected chi connectivity index (χ3v) is 2.94. The van der Waals surface area contributed by atoms with Crippen molar-refractivity contribution in [3.63, 3.8) is 0 Å². The van der Waals surface area contributed by atoms with Gasteiger partial charge in [-0.15, -0.1) is 0 Å². The van der Waals surface area contributed by atoms with Gasteiger partial charge in [-0.3, -0.25) is 0 Å². The third kappa shape index (κ3) is 3.61. The minimum absolute atomic E-state index is 0.0672. The lowest BCUT2D eigenvalue weighted by Gasteiger charge is -2.19. The quantitative estimate of drug-likeness (QED) is 0.685. The van der Waals surface area contributed by atoms with Crippen LogP contribution in [0.25, 0.3) is 0 Å². The molecule has 0 aliphatic carbocycles. The summed E-state index contributed by atoms with van der Waals surface area (Å²) in [5, 5.41) is -0.723. The van der Waals surface area contributed by atoms with Crippen molar-refractivity contribution in [1.29, 1.82) is 0 Å². The van der Waals surface area contributed by atoms with Gasteiger partial charge in [0.05, 0.1) is 23.2 Å². The van der Waals surface area contributed by atoms with Crippen LogP contribution in [0, 0.1) is 0 Å². The molecule has 0 fully saturated rings. The molecule has 0 heterocycles. The van der Waals surface area contributed by atoms with Crippen molar-refractivity contribution in [2.45, 2.75) is 25.3 Å². The number of halogens is 5. The van der Waals surface area contributed by atoms with Gasteiger partial charge in [-0.1, -0.05) is 23.7 Å². The number of carbonyl (C=O) groups is 1. The molecule has 0 aliphatic heterocycles. The molecule has 0 spiro atoms. The summed E-state index contributed by atoms with van der Waals surface area (Å²) in [6.45, 7) is 1.40. The minimum Gasteiger partial charge on any atom is -0.464 e. The Balaban J connectivity index is 3.11. The molecule has 1 unspecified atom stereocenters. The average Bonchev–Trinajstić information content (AvgIpc) is 2.36. The van der Waals surface area contributed by atoms with Crippen molar-refractivity contribution in [2.75, 3.05) is 6.61 Å². The van der Waals surface area contributed by atoms with Crippen LogP contribution >= 0.6 is 11.6 Å². The summed E-state index contributed by atoms with van der Waals surface area (Å²) in [4.78, 5) is 11.2. The van der Waals surface area contributed by atoms with E-state index in [0.717, 1.165) is 18.2 Å². The molecule has 1 aromatic rings. The number of nitrogens with two attached hydrogens (primary N) is 1. The maximum absolute atomic E-state index is 13.7. The Labute approximate surface area is 117 Å². The SMILES string of the molecule is CCOC(=O)C(F)[C@@H](N)c1cccc(C(F)(F)F)c1Cl. The van der Waals surface area contributed by atoms with Crippen LogP contribution in [-0.2, 0) is 15.7 Å². The maximum atomic E-state index is 13.7. The van der Waals surface area contributed by atoms with Gasteiger partial charge in [0, 0.05) is 0 Å². The lowest BCUT2D eigenvalue weighted by Crippen LogP contribution is -2.32. The van der Waals surface area contributed by atoms with Gasteiger partial charge in [-0.2, -0.15) is 13.2 Å². The Hall–Kier alpha value is -1.34. The molecular weight excluding hydrogens is 302 g/mol. The summed E-state index contributed by atoms with van der Waals surface area (Å²) in [5.74, 6) is -1.24. The fourth-order valence-corrected chi connectivity index (χ4v) is 1.91. The number of alkyl halides is 4. The second-order valence-corrected chi connectivity index (χ2v) is 4.26.